The molecule has 1 fully saturated rings. The number of anilines is 2. The average molecular weight is 416 g/mol. The van der Waals surface area contributed by atoms with Crippen LogP contribution in [0, 0.1) is 0 Å². The van der Waals surface area contributed by atoms with E-state index >= 15 is 0 Å². The van der Waals surface area contributed by atoms with Crippen molar-refractivity contribution in [2.24, 2.45) is 10.7 Å². The zero-order chi connectivity index (χ0) is 21.3. The van der Waals surface area contributed by atoms with E-state index in [9.17, 15) is 0 Å². The van der Waals surface area contributed by atoms with Crippen LogP contribution in [0.5, 0.6) is 17.2 Å². The number of hydrogen-bond acceptors (Lipinski definition) is 7. The summed E-state index contributed by atoms with van der Waals surface area (Å²) in [7, 11) is 0. The van der Waals surface area contributed by atoms with Crippen molar-refractivity contribution in [1.82, 2.24) is 0 Å². The van der Waals surface area contributed by atoms with E-state index in [2.05, 4.69) is 10.3 Å². The third-order valence-corrected chi connectivity index (χ3v) is 5.50. The van der Waals surface area contributed by atoms with Crippen LogP contribution in [0.4, 0.5) is 11.4 Å². The maximum Gasteiger partial charge on any atom is 0.163 e. The van der Waals surface area contributed by atoms with Crippen molar-refractivity contribution in [2.75, 3.05) is 24.3 Å². The molecule has 2 unspecified atom stereocenters. The maximum absolute atomic E-state index is 6.78. The molecular formula is C24H24N4O3. The second-order valence-electron chi connectivity index (χ2n) is 7.65. The molecule has 1 saturated heterocycles. The van der Waals surface area contributed by atoms with Gasteiger partial charge in [-0.2, -0.15) is 0 Å². The van der Waals surface area contributed by atoms with Gasteiger partial charge in [0.2, 0.25) is 0 Å². The lowest BCUT2D eigenvalue weighted by Gasteiger charge is -2.32. The lowest BCUT2D eigenvalue weighted by Crippen LogP contribution is -2.39. The minimum atomic E-state index is -1.07. The molecule has 0 spiro atoms. The van der Waals surface area contributed by atoms with Crippen molar-refractivity contribution < 1.29 is 14.2 Å². The molecule has 2 aliphatic heterocycles. The van der Waals surface area contributed by atoms with Crippen LogP contribution in [0.15, 0.2) is 71.7 Å². The number of benzene rings is 3. The predicted octanol–water partition coefficient (Wildman–Crippen LogP) is 3.84. The monoisotopic (exact) mass is 416 g/mol. The second-order valence-corrected chi connectivity index (χ2v) is 7.65. The van der Waals surface area contributed by atoms with Crippen LogP contribution in [0.1, 0.15) is 17.5 Å². The number of nitrogens with one attached hydrogen (secondary N) is 1. The number of nitrogens with zero attached hydrogens (tertiary/aromatic N) is 1. The van der Waals surface area contributed by atoms with Gasteiger partial charge in [0.15, 0.2) is 5.66 Å². The third-order valence-electron chi connectivity index (χ3n) is 5.50. The molecule has 2 atom stereocenters. The number of para-hydroxylation sites is 1. The number of nitrogen functional groups attached to an aromatic ring is 1. The minimum Gasteiger partial charge on any atom is -0.486 e. The van der Waals surface area contributed by atoms with Crippen LogP contribution in [-0.4, -0.2) is 25.7 Å². The van der Waals surface area contributed by atoms with Crippen molar-refractivity contribution in [3.8, 4) is 17.2 Å². The van der Waals surface area contributed by atoms with Crippen LogP contribution in [-0.2, 0) is 10.4 Å². The summed E-state index contributed by atoms with van der Waals surface area (Å²) in [5.41, 5.74) is 14.9. The zero-order valence-corrected chi connectivity index (χ0v) is 17.0. The fourth-order valence-corrected chi connectivity index (χ4v) is 3.82. The van der Waals surface area contributed by atoms with Crippen LogP contribution in [0.25, 0.3) is 0 Å². The molecule has 0 amide bonds. The van der Waals surface area contributed by atoms with E-state index in [1.807, 2.05) is 66.7 Å². The van der Waals surface area contributed by atoms with E-state index in [1.165, 1.54) is 0 Å². The van der Waals surface area contributed by atoms with E-state index < -0.39 is 5.66 Å². The molecule has 5 N–H and O–H groups in total. The van der Waals surface area contributed by atoms with Crippen LogP contribution in [0.2, 0.25) is 0 Å². The van der Waals surface area contributed by atoms with Gasteiger partial charge >= 0.3 is 0 Å². The number of nitrogens with two attached hydrogens (primary N) is 2. The molecule has 3 aromatic rings. The SMILES string of the molecule is Nc1cc2c(cc1OC1CCOC1)NC=NC2(N)c1ccc(Oc2ccccc2)cc1. The van der Waals surface area contributed by atoms with Crippen LogP contribution >= 0.6 is 0 Å². The highest BCUT2D eigenvalue weighted by Crippen LogP contribution is 2.41. The fourth-order valence-electron chi connectivity index (χ4n) is 3.82. The maximum atomic E-state index is 6.78. The van der Waals surface area contributed by atoms with Gasteiger partial charge < -0.3 is 25.3 Å². The Hall–Kier alpha value is -3.55. The Bertz CT molecular complexity index is 1100. The molecule has 7 heteroatoms. The number of rotatable bonds is 5. The first-order chi connectivity index (χ1) is 15.1. The van der Waals surface area contributed by atoms with Crippen molar-refractivity contribution in [3.05, 3.63) is 77.9 Å². The summed E-state index contributed by atoms with van der Waals surface area (Å²) in [5.74, 6) is 2.11. The van der Waals surface area contributed by atoms with Gasteiger partial charge in [-0.25, -0.2) is 4.99 Å². The molecule has 0 aliphatic carbocycles. The highest BCUT2D eigenvalue weighted by Gasteiger charge is 2.34. The number of fused-ring (bicyclic) bond motifs is 1. The average Bonchev–Trinajstić information content (AvgIpc) is 3.29. The standard InChI is InChI=1S/C24H24N4O3/c25-21-12-20-22(13-23(21)31-19-10-11-29-14-19)27-15-28-24(20,26)16-6-8-18(9-7-16)30-17-4-2-1-3-5-17/h1-9,12-13,15,19H,10-11,14,25-26H2,(H,27,28). The molecule has 0 aromatic heterocycles. The first-order valence-electron chi connectivity index (χ1n) is 10.2. The molecule has 0 radical (unpaired) electrons. The zero-order valence-electron chi connectivity index (χ0n) is 17.0. The van der Waals surface area contributed by atoms with Gasteiger partial charge in [0, 0.05) is 18.1 Å². The molecule has 7 nitrogen and oxygen atoms in total. The Morgan fingerprint density at radius 2 is 1.81 bits per heavy atom. The quantitative estimate of drug-likeness (QED) is 0.546. The van der Waals surface area contributed by atoms with Crippen molar-refractivity contribution >= 4 is 17.7 Å². The van der Waals surface area contributed by atoms with Gasteiger partial charge in [-0.05, 0) is 35.9 Å². The van der Waals surface area contributed by atoms with Crippen LogP contribution in [0.3, 0.4) is 0 Å². The topological polar surface area (TPSA) is 104 Å². The highest BCUT2D eigenvalue weighted by molar-refractivity contribution is 5.84. The molecule has 158 valence electrons. The van der Waals surface area contributed by atoms with E-state index in [1.54, 1.807) is 6.34 Å². The van der Waals surface area contributed by atoms with Crippen molar-refractivity contribution in [2.45, 2.75) is 18.2 Å². The second kappa shape index (κ2) is 7.94. The smallest absolute Gasteiger partial charge is 0.163 e. The summed E-state index contributed by atoms with van der Waals surface area (Å²) >= 11 is 0. The minimum absolute atomic E-state index is 0.0115. The van der Waals surface area contributed by atoms with Crippen molar-refractivity contribution in [1.29, 1.82) is 0 Å². The summed E-state index contributed by atoms with van der Waals surface area (Å²) in [4.78, 5) is 4.55. The summed E-state index contributed by atoms with van der Waals surface area (Å²) in [5, 5.41) is 3.16. The summed E-state index contributed by atoms with van der Waals surface area (Å²) in [6.45, 7) is 1.28. The highest BCUT2D eigenvalue weighted by atomic mass is 16.5. The number of ether oxygens (including phenoxy) is 3. The Labute approximate surface area is 180 Å². The molecule has 3 aromatic carbocycles. The summed E-state index contributed by atoms with van der Waals surface area (Å²) < 4.78 is 17.3. The Morgan fingerprint density at radius 3 is 2.55 bits per heavy atom. The first-order valence-corrected chi connectivity index (χ1v) is 10.2. The molecule has 31 heavy (non-hydrogen) atoms. The van der Waals surface area contributed by atoms with Gasteiger partial charge in [-0.3, -0.25) is 5.73 Å². The fraction of sp³-hybridized carbons (Fsp3) is 0.208. The summed E-state index contributed by atoms with van der Waals surface area (Å²) in [6, 6.07) is 20.9. The van der Waals surface area contributed by atoms with Gasteiger partial charge in [0.1, 0.15) is 23.4 Å². The molecule has 2 heterocycles. The molecular weight excluding hydrogens is 392 g/mol. The Balaban J connectivity index is 1.42. The van der Waals surface area contributed by atoms with E-state index in [-0.39, 0.29) is 6.10 Å². The molecule has 0 bridgehead atoms. The molecule has 2 aliphatic rings. The normalized spacial score (nSPS) is 21.9. The lowest BCUT2D eigenvalue weighted by atomic mass is 9.89. The van der Waals surface area contributed by atoms with E-state index in [0.29, 0.717) is 24.7 Å². The first kappa shape index (κ1) is 19.4. The van der Waals surface area contributed by atoms with Crippen LogP contribution < -0.4 is 26.3 Å². The third kappa shape index (κ3) is 3.81. The molecule has 0 saturated carbocycles. The predicted molar refractivity (Wildman–Crippen MR) is 121 cm³/mol. The van der Waals surface area contributed by atoms with Gasteiger partial charge in [-0.1, -0.05) is 30.3 Å². The van der Waals surface area contributed by atoms with E-state index in [0.717, 1.165) is 34.7 Å². The Morgan fingerprint density at radius 1 is 1.03 bits per heavy atom. The lowest BCUT2D eigenvalue weighted by molar-refractivity contribution is 0.142. The largest absolute Gasteiger partial charge is 0.486 e. The van der Waals surface area contributed by atoms with E-state index in [4.69, 9.17) is 25.7 Å². The van der Waals surface area contributed by atoms with Gasteiger partial charge in [0.05, 0.1) is 30.9 Å². The molecule has 5 rings (SSSR count). The number of hydrogen-bond donors (Lipinski definition) is 3. The Kier molecular flexibility index (Phi) is 4.97. The van der Waals surface area contributed by atoms with Gasteiger partial charge in [-0.15, -0.1) is 0 Å². The number of aliphatic imine (C=N–C) groups is 1. The van der Waals surface area contributed by atoms with Gasteiger partial charge in [0.25, 0.3) is 0 Å². The van der Waals surface area contributed by atoms with Crippen molar-refractivity contribution in [3.63, 3.8) is 0 Å². The summed E-state index contributed by atoms with van der Waals surface area (Å²) in [6.07, 6.45) is 2.47.